The molecule has 2 aromatic heterocycles. The van der Waals surface area contributed by atoms with Crippen LogP contribution in [-0.4, -0.2) is 0 Å². The molecule has 3 heterocycles. The smallest absolute Gasteiger partial charge is 0.178 e. The lowest BCUT2D eigenvalue weighted by Gasteiger charge is -2.36. The fraction of sp³-hybridized carbons (Fsp3) is 0.0303. The molecule has 0 bridgehead atoms. The van der Waals surface area contributed by atoms with Gasteiger partial charge in [-0.25, -0.2) is 0 Å². The van der Waals surface area contributed by atoms with E-state index in [0.717, 1.165) is 22.4 Å². The van der Waals surface area contributed by atoms with Gasteiger partial charge in [0.2, 0.25) is 0 Å². The standard InChI is InChI=1S/C33H22OS2/c1-3-8-25(9-4-1)33(26-10-5-2-6-11-26)20-19-28-27-15-13-24(22-23(27)14-16-29(28)34-33)30-17-18-32(36-30)31-12-7-21-35-31/h1-22H. The van der Waals surface area contributed by atoms with Gasteiger partial charge in [-0.15, -0.1) is 22.7 Å². The first kappa shape index (κ1) is 21.4. The van der Waals surface area contributed by atoms with Gasteiger partial charge in [-0.1, -0.05) is 84.9 Å². The summed E-state index contributed by atoms with van der Waals surface area (Å²) in [6.07, 6.45) is 4.45. The Morgan fingerprint density at radius 2 is 1.36 bits per heavy atom. The minimum atomic E-state index is -0.654. The summed E-state index contributed by atoms with van der Waals surface area (Å²) in [7, 11) is 0. The van der Waals surface area contributed by atoms with Crippen LogP contribution in [0.25, 0.3) is 37.0 Å². The Hall–Kier alpha value is -3.92. The molecule has 1 aliphatic rings. The highest BCUT2D eigenvalue weighted by molar-refractivity contribution is 7.23. The van der Waals surface area contributed by atoms with Gasteiger partial charge < -0.3 is 4.74 Å². The average molecular weight is 499 g/mol. The van der Waals surface area contributed by atoms with E-state index < -0.39 is 5.60 Å². The van der Waals surface area contributed by atoms with Crippen molar-refractivity contribution in [1.82, 2.24) is 0 Å². The number of thiophene rings is 2. The molecule has 0 fully saturated rings. The third kappa shape index (κ3) is 3.51. The van der Waals surface area contributed by atoms with Crippen molar-refractivity contribution in [2.24, 2.45) is 0 Å². The van der Waals surface area contributed by atoms with Gasteiger partial charge in [-0.3, -0.25) is 0 Å². The van der Waals surface area contributed by atoms with Crippen LogP contribution in [0.5, 0.6) is 5.75 Å². The van der Waals surface area contributed by atoms with Crippen molar-refractivity contribution in [3.63, 3.8) is 0 Å². The van der Waals surface area contributed by atoms with Crippen LogP contribution in [0, 0.1) is 0 Å². The minimum absolute atomic E-state index is 0.654. The van der Waals surface area contributed by atoms with Crippen molar-refractivity contribution in [2.45, 2.75) is 5.60 Å². The fourth-order valence-corrected chi connectivity index (χ4v) is 6.89. The topological polar surface area (TPSA) is 9.23 Å². The molecule has 0 spiro atoms. The van der Waals surface area contributed by atoms with E-state index in [4.69, 9.17) is 4.74 Å². The number of ether oxygens (including phenoxy) is 1. The molecule has 0 amide bonds. The lowest BCUT2D eigenvalue weighted by molar-refractivity contribution is 0.161. The van der Waals surface area contributed by atoms with Gasteiger partial charge in [-0.2, -0.15) is 0 Å². The molecule has 172 valence electrons. The van der Waals surface area contributed by atoms with Crippen molar-refractivity contribution in [3.05, 3.63) is 143 Å². The maximum absolute atomic E-state index is 6.88. The summed E-state index contributed by atoms with van der Waals surface area (Å²) in [5.41, 5.74) is 3.96. The van der Waals surface area contributed by atoms with Crippen molar-refractivity contribution in [1.29, 1.82) is 0 Å². The quantitative estimate of drug-likeness (QED) is 0.235. The highest BCUT2D eigenvalue weighted by atomic mass is 32.1. The normalized spacial score (nSPS) is 13.9. The van der Waals surface area contributed by atoms with Crippen LogP contribution in [-0.2, 0) is 5.60 Å². The van der Waals surface area contributed by atoms with E-state index in [0.29, 0.717) is 0 Å². The Kier molecular flexibility index (Phi) is 5.12. The van der Waals surface area contributed by atoms with Gasteiger partial charge in [0.15, 0.2) is 5.60 Å². The summed E-state index contributed by atoms with van der Waals surface area (Å²) >= 11 is 3.64. The van der Waals surface area contributed by atoms with E-state index in [9.17, 15) is 0 Å². The molecule has 0 radical (unpaired) electrons. The Morgan fingerprint density at radius 1 is 0.611 bits per heavy atom. The van der Waals surface area contributed by atoms with Gasteiger partial charge in [-0.05, 0) is 64.2 Å². The van der Waals surface area contributed by atoms with E-state index in [-0.39, 0.29) is 0 Å². The van der Waals surface area contributed by atoms with Crippen molar-refractivity contribution in [2.75, 3.05) is 0 Å². The Balaban J connectivity index is 1.30. The number of benzene rings is 4. The molecule has 4 aromatic carbocycles. The Bertz CT molecular complexity index is 1650. The summed E-state index contributed by atoms with van der Waals surface area (Å²) in [5.74, 6) is 0.904. The van der Waals surface area contributed by atoms with Crippen LogP contribution in [0.15, 0.2) is 127 Å². The first-order valence-electron chi connectivity index (χ1n) is 12.0. The number of hydrogen-bond donors (Lipinski definition) is 0. The summed E-state index contributed by atoms with van der Waals surface area (Å²) in [5, 5.41) is 4.56. The Morgan fingerprint density at radius 3 is 2.08 bits per heavy atom. The molecule has 36 heavy (non-hydrogen) atoms. The van der Waals surface area contributed by atoms with E-state index in [2.05, 4.69) is 121 Å². The monoisotopic (exact) mass is 498 g/mol. The predicted octanol–water partition coefficient (Wildman–Crippen LogP) is 9.65. The second-order valence-electron chi connectivity index (χ2n) is 8.96. The van der Waals surface area contributed by atoms with Gasteiger partial charge in [0, 0.05) is 31.3 Å². The van der Waals surface area contributed by atoms with E-state index >= 15 is 0 Å². The number of hydrogen-bond acceptors (Lipinski definition) is 3. The van der Waals surface area contributed by atoms with E-state index in [1.54, 1.807) is 11.3 Å². The molecule has 3 heteroatoms. The summed E-state index contributed by atoms with van der Waals surface area (Å²) in [4.78, 5) is 3.93. The van der Waals surface area contributed by atoms with Crippen LogP contribution in [0.2, 0.25) is 0 Å². The van der Waals surface area contributed by atoms with E-state index in [1.165, 1.54) is 31.0 Å². The van der Waals surface area contributed by atoms with Crippen molar-refractivity contribution in [3.8, 4) is 25.9 Å². The van der Waals surface area contributed by atoms with Gasteiger partial charge in [0.05, 0.1) is 0 Å². The Labute approximate surface area is 218 Å². The third-order valence-electron chi connectivity index (χ3n) is 6.84. The zero-order valence-corrected chi connectivity index (χ0v) is 21.1. The second kappa shape index (κ2) is 8.63. The number of fused-ring (bicyclic) bond motifs is 3. The molecule has 0 N–H and O–H groups in total. The molecule has 7 rings (SSSR count). The van der Waals surface area contributed by atoms with Crippen LogP contribution < -0.4 is 4.74 Å². The summed E-state index contributed by atoms with van der Waals surface area (Å²) < 4.78 is 6.88. The largest absolute Gasteiger partial charge is 0.473 e. The van der Waals surface area contributed by atoms with Crippen molar-refractivity contribution < 1.29 is 4.74 Å². The van der Waals surface area contributed by atoms with Gasteiger partial charge in [0.25, 0.3) is 0 Å². The lowest BCUT2D eigenvalue weighted by Crippen LogP contribution is -2.34. The van der Waals surface area contributed by atoms with Crippen LogP contribution >= 0.6 is 22.7 Å². The van der Waals surface area contributed by atoms with Crippen LogP contribution in [0.3, 0.4) is 0 Å². The van der Waals surface area contributed by atoms with Crippen LogP contribution in [0.4, 0.5) is 0 Å². The molecule has 0 aliphatic carbocycles. The maximum Gasteiger partial charge on any atom is 0.178 e. The first-order chi connectivity index (χ1) is 17.8. The molecular weight excluding hydrogens is 476 g/mol. The molecule has 0 saturated carbocycles. The summed E-state index contributed by atoms with van der Waals surface area (Å²) in [6, 6.07) is 40.8. The minimum Gasteiger partial charge on any atom is -0.473 e. The first-order valence-corrected chi connectivity index (χ1v) is 13.7. The average Bonchev–Trinajstić information content (AvgIpc) is 3.66. The molecule has 6 aromatic rings. The zero-order valence-electron chi connectivity index (χ0n) is 19.4. The SMILES string of the molecule is C1=CC(c2ccccc2)(c2ccccc2)Oc2ccc3cc(-c4ccc(-c5cccs5)s4)ccc3c21. The summed E-state index contributed by atoms with van der Waals surface area (Å²) in [6.45, 7) is 0. The predicted molar refractivity (Wildman–Crippen MR) is 154 cm³/mol. The van der Waals surface area contributed by atoms with E-state index in [1.807, 2.05) is 23.5 Å². The molecular formula is C33H22OS2. The zero-order chi connectivity index (χ0) is 24.0. The van der Waals surface area contributed by atoms with Gasteiger partial charge >= 0.3 is 0 Å². The molecule has 1 aliphatic heterocycles. The number of rotatable bonds is 4. The van der Waals surface area contributed by atoms with Crippen LogP contribution in [0.1, 0.15) is 16.7 Å². The molecule has 1 nitrogen and oxygen atoms in total. The second-order valence-corrected chi connectivity index (χ2v) is 11.0. The molecule has 0 atom stereocenters. The lowest BCUT2D eigenvalue weighted by atomic mass is 9.83. The molecule has 0 unspecified atom stereocenters. The van der Waals surface area contributed by atoms with Gasteiger partial charge in [0.1, 0.15) is 5.75 Å². The highest BCUT2D eigenvalue weighted by Crippen LogP contribution is 2.45. The fourth-order valence-electron chi connectivity index (χ4n) is 5.05. The highest BCUT2D eigenvalue weighted by Gasteiger charge is 2.37. The third-order valence-corrected chi connectivity index (χ3v) is 9.04. The van der Waals surface area contributed by atoms with Crippen molar-refractivity contribution >= 4 is 39.5 Å². The maximum atomic E-state index is 6.88. The molecule has 0 saturated heterocycles.